The third-order valence-corrected chi connectivity index (χ3v) is 10.4. The third kappa shape index (κ3) is 2.66. The van der Waals surface area contributed by atoms with E-state index in [0.717, 1.165) is 24.2 Å². The van der Waals surface area contributed by atoms with Gasteiger partial charge in [0.25, 0.3) is 0 Å². The Morgan fingerprint density at radius 3 is 2.42 bits per heavy atom. The van der Waals surface area contributed by atoms with Crippen molar-refractivity contribution in [3.8, 4) is 0 Å². The molecule has 4 aliphatic carbocycles. The lowest BCUT2D eigenvalue weighted by atomic mass is 9.42. The monoisotopic (exact) mass is 360 g/mol. The highest BCUT2D eigenvalue weighted by atomic mass is 16.3. The van der Waals surface area contributed by atoms with Crippen LogP contribution in [-0.2, 0) is 0 Å². The van der Waals surface area contributed by atoms with Crippen LogP contribution in [0.4, 0.5) is 0 Å². The van der Waals surface area contributed by atoms with E-state index in [0.29, 0.717) is 22.7 Å². The van der Waals surface area contributed by atoms with Crippen LogP contribution in [0.3, 0.4) is 0 Å². The van der Waals surface area contributed by atoms with Crippen LogP contribution in [0.15, 0.2) is 0 Å². The summed E-state index contributed by atoms with van der Waals surface area (Å²) in [6, 6.07) is 0. The van der Waals surface area contributed by atoms with Gasteiger partial charge in [-0.05, 0) is 91.8 Å². The first kappa shape index (κ1) is 19.3. The van der Waals surface area contributed by atoms with E-state index >= 15 is 0 Å². The zero-order valence-electron chi connectivity index (χ0n) is 18.0. The molecule has 150 valence electrons. The first-order chi connectivity index (χ1) is 12.4. The largest absolute Gasteiger partial charge is 0.389 e. The van der Waals surface area contributed by atoms with E-state index in [9.17, 15) is 5.11 Å². The molecule has 0 aromatic heterocycles. The second-order valence-electron chi connectivity index (χ2n) is 11.4. The molecule has 26 heavy (non-hydrogen) atoms. The van der Waals surface area contributed by atoms with E-state index in [2.05, 4.69) is 27.7 Å². The van der Waals surface area contributed by atoms with E-state index in [1.54, 1.807) is 0 Å². The average molecular weight is 361 g/mol. The van der Waals surface area contributed by atoms with Crippen LogP contribution < -0.4 is 0 Å². The summed E-state index contributed by atoms with van der Waals surface area (Å²) in [7, 11) is 0. The summed E-state index contributed by atoms with van der Waals surface area (Å²) >= 11 is 0. The van der Waals surface area contributed by atoms with Crippen LogP contribution in [0, 0.1) is 40.4 Å². The van der Waals surface area contributed by atoms with Crippen LogP contribution in [0.5, 0.6) is 0 Å². The number of hydrogen-bond donors (Lipinski definition) is 1. The van der Waals surface area contributed by atoms with Gasteiger partial charge >= 0.3 is 0 Å². The molecule has 0 saturated heterocycles. The second kappa shape index (κ2) is 6.78. The molecule has 1 nitrogen and oxygen atoms in total. The predicted octanol–water partition coefficient (Wildman–Crippen LogP) is 6.98. The lowest BCUT2D eigenvalue weighted by Gasteiger charge is -2.64. The van der Waals surface area contributed by atoms with Gasteiger partial charge < -0.3 is 5.11 Å². The predicted molar refractivity (Wildman–Crippen MR) is 110 cm³/mol. The Kier molecular flexibility index (Phi) is 5.03. The molecule has 4 saturated carbocycles. The molecule has 0 heterocycles. The number of aliphatic hydroxyl groups is 1. The highest BCUT2D eigenvalue weighted by Crippen LogP contribution is 2.69. The number of fused-ring (bicyclic) bond motifs is 5. The van der Waals surface area contributed by atoms with Crippen LogP contribution in [0.25, 0.3) is 0 Å². The smallest absolute Gasteiger partial charge is 0.0714 e. The molecule has 8 atom stereocenters. The number of unbranched alkanes of at least 4 members (excludes halogenated alkanes) is 1. The van der Waals surface area contributed by atoms with Crippen molar-refractivity contribution in [2.75, 3.05) is 0 Å². The summed E-state index contributed by atoms with van der Waals surface area (Å²) in [5, 5.41) is 12.2. The van der Waals surface area contributed by atoms with E-state index in [1.165, 1.54) is 77.0 Å². The van der Waals surface area contributed by atoms with Gasteiger partial charge in [0.2, 0.25) is 0 Å². The molecule has 1 heteroatoms. The van der Waals surface area contributed by atoms with E-state index in [4.69, 9.17) is 0 Å². The van der Waals surface area contributed by atoms with Gasteiger partial charge in [0.15, 0.2) is 0 Å². The zero-order valence-corrected chi connectivity index (χ0v) is 18.0. The molecule has 4 fully saturated rings. The SMILES string of the molecule is CCCCC(C)[C@H]1CC[C@@H]2[C@]1(C)CC[C@H]1[C@@]2(O)CCC2CCCC[C@@]21C. The first-order valence-corrected chi connectivity index (χ1v) is 12.1. The minimum Gasteiger partial charge on any atom is -0.389 e. The van der Waals surface area contributed by atoms with Gasteiger partial charge in [0, 0.05) is 0 Å². The summed E-state index contributed by atoms with van der Waals surface area (Å²) in [6.45, 7) is 10.00. The van der Waals surface area contributed by atoms with E-state index in [1.807, 2.05) is 0 Å². The quantitative estimate of drug-likeness (QED) is 0.573. The van der Waals surface area contributed by atoms with Gasteiger partial charge in [-0.15, -0.1) is 0 Å². The Balaban J connectivity index is 1.59. The highest BCUT2D eigenvalue weighted by molar-refractivity contribution is 5.16. The molecule has 0 aliphatic heterocycles. The summed E-state index contributed by atoms with van der Waals surface area (Å²) in [6.07, 6.45) is 17.5. The summed E-state index contributed by atoms with van der Waals surface area (Å²) in [5.74, 6) is 3.73. The fraction of sp³-hybridized carbons (Fsp3) is 1.00. The van der Waals surface area contributed by atoms with Crippen molar-refractivity contribution < 1.29 is 5.11 Å². The van der Waals surface area contributed by atoms with Crippen molar-refractivity contribution in [1.82, 2.24) is 0 Å². The molecule has 2 unspecified atom stereocenters. The normalized spacial score (nSPS) is 52.0. The van der Waals surface area contributed by atoms with Crippen molar-refractivity contribution in [1.29, 1.82) is 0 Å². The molecule has 0 aromatic carbocycles. The van der Waals surface area contributed by atoms with Gasteiger partial charge in [-0.25, -0.2) is 0 Å². The number of rotatable bonds is 4. The Hall–Kier alpha value is -0.0400. The second-order valence-corrected chi connectivity index (χ2v) is 11.4. The fourth-order valence-corrected chi connectivity index (χ4v) is 9.07. The molecular weight excluding hydrogens is 316 g/mol. The minimum absolute atomic E-state index is 0.352. The average Bonchev–Trinajstić information content (AvgIpc) is 2.97. The Morgan fingerprint density at radius 1 is 0.885 bits per heavy atom. The maximum absolute atomic E-state index is 12.2. The maximum Gasteiger partial charge on any atom is 0.0714 e. The molecule has 4 aliphatic rings. The summed E-state index contributed by atoms with van der Waals surface area (Å²) in [5.41, 5.74) is 0.476. The van der Waals surface area contributed by atoms with E-state index in [-0.39, 0.29) is 5.60 Å². The van der Waals surface area contributed by atoms with Crippen LogP contribution in [0.2, 0.25) is 0 Å². The van der Waals surface area contributed by atoms with Crippen molar-refractivity contribution in [2.24, 2.45) is 40.4 Å². The summed E-state index contributed by atoms with van der Waals surface area (Å²) < 4.78 is 0. The van der Waals surface area contributed by atoms with Crippen molar-refractivity contribution in [3.05, 3.63) is 0 Å². The Bertz CT molecular complexity index is 514. The fourth-order valence-electron chi connectivity index (χ4n) is 9.07. The van der Waals surface area contributed by atoms with Crippen molar-refractivity contribution in [2.45, 2.75) is 117 Å². The molecule has 0 spiro atoms. The lowest BCUT2D eigenvalue weighted by molar-refractivity contribution is -0.222. The third-order valence-electron chi connectivity index (χ3n) is 10.4. The van der Waals surface area contributed by atoms with Gasteiger partial charge in [0.05, 0.1) is 5.60 Å². The van der Waals surface area contributed by atoms with Crippen LogP contribution in [-0.4, -0.2) is 10.7 Å². The lowest BCUT2D eigenvalue weighted by Crippen LogP contribution is -2.63. The Morgan fingerprint density at radius 2 is 1.65 bits per heavy atom. The zero-order chi connectivity index (χ0) is 18.6. The van der Waals surface area contributed by atoms with Crippen LogP contribution >= 0.6 is 0 Å². The van der Waals surface area contributed by atoms with Gasteiger partial charge in [0.1, 0.15) is 0 Å². The standard InChI is InChI=1S/C25H44O/c1-5-6-9-18(2)20-11-12-21-24(20,4)16-14-22-23(3)15-8-7-10-19(23)13-17-25(21,22)26/h18-22,26H,5-17H2,1-4H3/t18?,19?,20-,21-,22-,23+,24-,25-/m1/s1. The topological polar surface area (TPSA) is 20.2 Å². The molecule has 0 aromatic rings. The molecule has 0 radical (unpaired) electrons. The first-order valence-electron chi connectivity index (χ1n) is 12.1. The molecule has 4 rings (SSSR count). The number of hydrogen-bond acceptors (Lipinski definition) is 1. The van der Waals surface area contributed by atoms with Crippen LogP contribution in [0.1, 0.15) is 111 Å². The molecule has 0 bridgehead atoms. The maximum atomic E-state index is 12.2. The Labute approximate surface area is 162 Å². The molecular formula is C25H44O. The van der Waals surface area contributed by atoms with Crippen molar-refractivity contribution >= 4 is 0 Å². The minimum atomic E-state index is -0.352. The van der Waals surface area contributed by atoms with Crippen molar-refractivity contribution in [3.63, 3.8) is 0 Å². The summed E-state index contributed by atoms with van der Waals surface area (Å²) in [4.78, 5) is 0. The molecule has 0 amide bonds. The van der Waals surface area contributed by atoms with Gasteiger partial charge in [-0.1, -0.05) is 59.8 Å². The highest BCUT2D eigenvalue weighted by Gasteiger charge is 2.66. The van der Waals surface area contributed by atoms with Gasteiger partial charge in [-0.2, -0.15) is 0 Å². The molecule has 1 N–H and O–H groups in total. The van der Waals surface area contributed by atoms with E-state index < -0.39 is 0 Å². The van der Waals surface area contributed by atoms with Gasteiger partial charge in [-0.3, -0.25) is 0 Å².